The Morgan fingerprint density at radius 3 is 2.64 bits per heavy atom. The normalized spacial score (nSPS) is 22.0. The van der Waals surface area contributed by atoms with E-state index in [9.17, 15) is 9.59 Å². The van der Waals surface area contributed by atoms with Gasteiger partial charge in [0.25, 0.3) is 5.56 Å². The quantitative estimate of drug-likeness (QED) is 0.851. The molecular formula is C17H21N3O2. The number of para-hydroxylation sites is 1. The Bertz CT molecular complexity index is 743. The third kappa shape index (κ3) is 2.89. The molecular weight excluding hydrogens is 278 g/mol. The summed E-state index contributed by atoms with van der Waals surface area (Å²) in [7, 11) is 0. The first-order chi connectivity index (χ1) is 10.5. The van der Waals surface area contributed by atoms with Crippen LogP contribution >= 0.6 is 0 Å². The smallest absolute Gasteiger partial charge is 0.261 e. The molecule has 1 amide bonds. The van der Waals surface area contributed by atoms with Crippen molar-refractivity contribution in [1.29, 1.82) is 0 Å². The number of carbonyl (C=O) groups is 1. The predicted octanol–water partition coefficient (Wildman–Crippen LogP) is 1.90. The highest BCUT2D eigenvalue weighted by Gasteiger charge is 2.25. The minimum absolute atomic E-state index is 0.00224. The monoisotopic (exact) mass is 299 g/mol. The van der Waals surface area contributed by atoms with Crippen molar-refractivity contribution in [3.05, 3.63) is 40.9 Å². The maximum Gasteiger partial charge on any atom is 0.261 e. The number of carbonyl (C=O) groups excluding carboxylic acids is 1. The third-order valence-electron chi connectivity index (χ3n) is 4.26. The lowest BCUT2D eigenvalue weighted by Crippen LogP contribution is -2.44. The molecule has 1 saturated heterocycles. The molecule has 1 aliphatic heterocycles. The lowest BCUT2D eigenvalue weighted by Gasteiger charge is -2.35. The highest BCUT2D eigenvalue weighted by molar-refractivity contribution is 5.79. The van der Waals surface area contributed by atoms with E-state index >= 15 is 0 Å². The summed E-state index contributed by atoms with van der Waals surface area (Å²) in [5.74, 6) is 1.02. The second-order valence-corrected chi connectivity index (χ2v) is 6.44. The van der Waals surface area contributed by atoms with Crippen LogP contribution in [0.5, 0.6) is 0 Å². The SMILES string of the molecule is C[C@H]1C[C@H](C)CN(C(=O)Cn2cnc3ccccc3c2=O)C1. The number of rotatable bonds is 2. The highest BCUT2D eigenvalue weighted by Crippen LogP contribution is 2.21. The van der Waals surface area contributed by atoms with Crippen LogP contribution in [0.3, 0.4) is 0 Å². The van der Waals surface area contributed by atoms with Crippen molar-refractivity contribution in [2.45, 2.75) is 26.8 Å². The maximum atomic E-state index is 12.5. The summed E-state index contributed by atoms with van der Waals surface area (Å²) in [5.41, 5.74) is 0.508. The van der Waals surface area contributed by atoms with Gasteiger partial charge in [-0.3, -0.25) is 14.2 Å². The van der Waals surface area contributed by atoms with Crippen LogP contribution in [0.15, 0.2) is 35.4 Å². The molecule has 22 heavy (non-hydrogen) atoms. The van der Waals surface area contributed by atoms with E-state index in [-0.39, 0.29) is 18.0 Å². The number of amides is 1. The average Bonchev–Trinajstić information content (AvgIpc) is 2.49. The van der Waals surface area contributed by atoms with Crippen molar-refractivity contribution in [1.82, 2.24) is 14.5 Å². The van der Waals surface area contributed by atoms with Crippen LogP contribution < -0.4 is 5.56 Å². The zero-order valence-corrected chi connectivity index (χ0v) is 13.0. The number of benzene rings is 1. The fourth-order valence-electron chi connectivity index (χ4n) is 3.33. The lowest BCUT2D eigenvalue weighted by atomic mass is 9.92. The molecule has 0 bridgehead atoms. The zero-order valence-electron chi connectivity index (χ0n) is 13.0. The molecule has 0 aliphatic carbocycles. The highest BCUT2D eigenvalue weighted by atomic mass is 16.2. The molecule has 0 saturated carbocycles. The number of nitrogens with zero attached hydrogens (tertiary/aromatic N) is 3. The first kappa shape index (κ1) is 14.8. The molecule has 2 heterocycles. The summed E-state index contributed by atoms with van der Waals surface area (Å²) in [6.45, 7) is 5.95. The summed E-state index contributed by atoms with van der Waals surface area (Å²) >= 11 is 0. The van der Waals surface area contributed by atoms with E-state index in [0.717, 1.165) is 19.5 Å². The summed E-state index contributed by atoms with van der Waals surface area (Å²) in [6, 6.07) is 7.21. The van der Waals surface area contributed by atoms with Crippen molar-refractivity contribution in [2.75, 3.05) is 13.1 Å². The Morgan fingerprint density at radius 2 is 1.91 bits per heavy atom. The van der Waals surface area contributed by atoms with Crippen molar-refractivity contribution >= 4 is 16.8 Å². The average molecular weight is 299 g/mol. The number of fused-ring (bicyclic) bond motifs is 1. The number of piperidine rings is 1. The van der Waals surface area contributed by atoms with Gasteiger partial charge in [-0.2, -0.15) is 0 Å². The van der Waals surface area contributed by atoms with E-state index in [1.165, 1.54) is 10.9 Å². The molecule has 5 nitrogen and oxygen atoms in total. The summed E-state index contributed by atoms with van der Waals surface area (Å²) in [5, 5.41) is 0.554. The number of likely N-dealkylation sites (tertiary alicyclic amines) is 1. The van der Waals surface area contributed by atoms with Crippen molar-refractivity contribution in [3.8, 4) is 0 Å². The predicted molar refractivity (Wildman–Crippen MR) is 85.5 cm³/mol. The first-order valence-corrected chi connectivity index (χ1v) is 7.76. The van der Waals surface area contributed by atoms with Gasteiger partial charge < -0.3 is 4.90 Å². The molecule has 1 aromatic carbocycles. The van der Waals surface area contributed by atoms with Gasteiger partial charge in [0.05, 0.1) is 17.2 Å². The molecule has 3 rings (SSSR count). The molecule has 0 spiro atoms. The summed E-state index contributed by atoms with van der Waals surface area (Å²) < 4.78 is 1.41. The van der Waals surface area contributed by atoms with E-state index in [1.807, 2.05) is 17.0 Å². The van der Waals surface area contributed by atoms with E-state index in [4.69, 9.17) is 0 Å². The lowest BCUT2D eigenvalue weighted by molar-refractivity contribution is -0.134. The zero-order chi connectivity index (χ0) is 15.7. The van der Waals surface area contributed by atoms with E-state index in [1.54, 1.807) is 12.1 Å². The van der Waals surface area contributed by atoms with E-state index in [0.29, 0.717) is 22.7 Å². The van der Waals surface area contributed by atoms with Crippen molar-refractivity contribution < 1.29 is 4.79 Å². The molecule has 1 aliphatic rings. The number of aromatic nitrogens is 2. The van der Waals surface area contributed by atoms with Gasteiger partial charge in [-0.05, 0) is 30.4 Å². The Hall–Kier alpha value is -2.17. The molecule has 1 aromatic heterocycles. The van der Waals surface area contributed by atoms with Gasteiger partial charge in [-0.1, -0.05) is 26.0 Å². The van der Waals surface area contributed by atoms with Gasteiger partial charge in [-0.25, -0.2) is 4.98 Å². The molecule has 0 N–H and O–H groups in total. The topological polar surface area (TPSA) is 55.2 Å². The fourth-order valence-corrected chi connectivity index (χ4v) is 3.33. The van der Waals surface area contributed by atoms with Crippen LogP contribution in [0.4, 0.5) is 0 Å². The molecule has 0 unspecified atom stereocenters. The van der Waals surface area contributed by atoms with Crippen LogP contribution in [0.1, 0.15) is 20.3 Å². The molecule has 116 valence electrons. The number of hydrogen-bond donors (Lipinski definition) is 0. The van der Waals surface area contributed by atoms with Crippen molar-refractivity contribution in [3.63, 3.8) is 0 Å². The molecule has 5 heteroatoms. The van der Waals surface area contributed by atoms with Crippen LogP contribution in [0.2, 0.25) is 0 Å². The minimum atomic E-state index is -0.156. The maximum absolute atomic E-state index is 12.5. The second kappa shape index (κ2) is 5.91. The van der Waals surface area contributed by atoms with Gasteiger partial charge in [0, 0.05) is 13.1 Å². The van der Waals surface area contributed by atoms with Gasteiger partial charge in [0.1, 0.15) is 6.54 Å². The van der Waals surface area contributed by atoms with E-state index in [2.05, 4.69) is 18.8 Å². The molecule has 1 fully saturated rings. The van der Waals surface area contributed by atoms with Gasteiger partial charge in [-0.15, -0.1) is 0 Å². The summed E-state index contributed by atoms with van der Waals surface area (Å²) in [4.78, 5) is 31.1. The van der Waals surface area contributed by atoms with Crippen LogP contribution in [-0.2, 0) is 11.3 Å². The Balaban J connectivity index is 1.82. The van der Waals surface area contributed by atoms with Gasteiger partial charge in [0.15, 0.2) is 0 Å². The Labute approximate surface area is 129 Å². The van der Waals surface area contributed by atoms with Gasteiger partial charge in [0.2, 0.25) is 5.91 Å². The van der Waals surface area contributed by atoms with Crippen molar-refractivity contribution in [2.24, 2.45) is 11.8 Å². The fraction of sp³-hybridized carbons (Fsp3) is 0.471. The summed E-state index contributed by atoms with van der Waals surface area (Å²) in [6.07, 6.45) is 2.63. The number of hydrogen-bond acceptors (Lipinski definition) is 3. The standard InChI is InChI=1S/C17H21N3O2/c1-12-7-13(2)9-19(8-12)16(21)10-20-11-18-15-6-4-3-5-14(15)17(20)22/h3-6,11-13H,7-10H2,1-2H3/t12-,13-/m0/s1. The first-order valence-electron chi connectivity index (χ1n) is 7.76. The third-order valence-corrected chi connectivity index (χ3v) is 4.26. The second-order valence-electron chi connectivity index (χ2n) is 6.44. The minimum Gasteiger partial charge on any atom is -0.341 e. The molecule has 2 atom stereocenters. The molecule has 0 radical (unpaired) electrons. The Kier molecular flexibility index (Phi) is 3.96. The molecule has 2 aromatic rings. The van der Waals surface area contributed by atoms with Crippen LogP contribution in [-0.4, -0.2) is 33.4 Å². The van der Waals surface area contributed by atoms with Crippen LogP contribution in [0, 0.1) is 11.8 Å². The largest absolute Gasteiger partial charge is 0.341 e. The van der Waals surface area contributed by atoms with E-state index < -0.39 is 0 Å². The van der Waals surface area contributed by atoms with Gasteiger partial charge >= 0.3 is 0 Å². The van der Waals surface area contributed by atoms with Crippen LogP contribution in [0.25, 0.3) is 10.9 Å². The Morgan fingerprint density at radius 1 is 1.23 bits per heavy atom.